The van der Waals surface area contributed by atoms with Crippen molar-refractivity contribution in [1.29, 1.82) is 0 Å². The van der Waals surface area contributed by atoms with E-state index < -0.39 is 0 Å². The highest BCUT2D eigenvalue weighted by Crippen LogP contribution is 2.51. The summed E-state index contributed by atoms with van der Waals surface area (Å²) in [5, 5.41) is 0. The summed E-state index contributed by atoms with van der Waals surface area (Å²) in [6.45, 7) is 0.0538. The Bertz CT molecular complexity index is 131. The summed E-state index contributed by atoms with van der Waals surface area (Å²) < 4.78 is 0. The summed E-state index contributed by atoms with van der Waals surface area (Å²) in [5.74, 6) is 0. The van der Waals surface area contributed by atoms with Crippen molar-refractivity contribution >= 4 is 18.5 Å². The summed E-state index contributed by atoms with van der Waals surface area (Å²) in [5.41, 5.74) is 2.02. The Morgan fingerprint density at radius 1 is 0.900 bits per heavy atom. The Hall–Kier alpha value is 0.520. The molecule has 0 aromatic heterocycles. The van der Waals surface area contributed by atoms with Gasteiger partial charge in [0.05, 0.1) is 0 Å². The lowest BCUT2D eigenvalue weighted by Crippen LogP contribution is -2.22. The molecule has 0 spiro atoms. The van der Waals surface area contributed by atoms with Gasteiger partial charge in [-0.1, -0.05) is 0 Å². The van der Waals surface area contributed by atoms with E-state index in [-0.39, 0.29) is 6.70 Å². The standard InChI is InChI=1S/C8H14PS/c10-9(7-3-1-4-7)8-5-2-6-8/h7-8H,1-6H2/q+1. The molecule has 2 fully saturated rings. The Balaban J connectivity index is 1.84. The molecule has 0 N–H and O–H groups in total. The van der Waals surface area contributed by atoms with Crippen LogP contribution >= 0.6 is 6.70 Å². The van der Waals surface area contributed by atoms with E-state index in [0.717, 1.165) is 11.3 Å². The highest BCUT2D eigenvalue weighted by molar-refractivity contribution is 8.05. The van der Waals surface area contributed by atoms with E-state index in [2.05, 4.69) is 0 Å². The molecule has 0 saturated heterocycles. The Labute approximate surface area is 68.8 Å². The van der Waals surface area contributed by atoms with Gasteiger partial charge in [-0.25, -0.2) is 0 Å². The first-order valence-electron chi connectivity index (χ1n) is 4.33. The molecule has 10 heavy (non-hydrogen) atoms. The van der Waals surface area contributed by atoms with E-state index in [1.54, 1.807) is 0 Å². The lowest BCUT2D eigenvalue weighted by Gasteiger charge is -2.26. The van der Waals surface area contributed by atoms with Crippen molar-refractivity contribution < 1.29 is 0 Å². The van der Waals surface area contributed by atoms with Crippen LogP contribution in [0.25, 0.3) is 0 Å². The summed E-state index contributed by atoms with van der Waals surface area (Å²) in [6, 6.07) is 0. The highest BCUT2D eigenvalue weighted by atomic mass is 32.4. The van der Waals surface area contributed by atoms with E-state index in [9.17, 15) is 0 Å². The highest BCUT2D eigenvalue weighted by Gasteiger charge is 2.40. The van der Waals surface area contributed by atoms with Gasteiger partial charge in [-0.05, 0) is 38.5 Å². The van der Waals surface area contributed by atoms with E-state index in [4.69, 9.17) is 11.8 Å². The largest absolute Gasteiger partial charge is 0.181 e. The van der Waals surface area contributed by atoms with Crippen LogP contribution in [0.3, 0.4) is 0 Å². The molecule has 0 amide bonds. The molecule has 2 aliphatic rings. The van der Waals surface area contributed by atoms with Gasteiger partial charge in [0.15, 0.2) is 18.5 Å². The predicted octanol–water partition coefficient (Wildman–Crippen LogP) is 3.04. The van der Waals surface area contributed by atoms with Gasteiger partial charge in [0.25, 0.3) is 0 Å². The van der Waals surface area contributed by atoms with Gasteiger partial charge in [0.2, 0.25) is 0 Å². The molecule has 56 valence electrons. The third kappa shape index (κ3) is 1.14. The van der Waals surface area contributed by atoms with Crippen molar-refractivity contribution in [3.63, 3.8) is 0 Å². The molecule has 0 radical (unpaired) electrons. The minimum atomic E-state index is 0.0538. The van der Waals surface area contributed by atoms with Crippen LogP contribution < -0.4 is 0 Å². The van der Waals surface area contributed by atoms with Crippen molar-refractivity contribution in [2.45, 2.75) is 49.8 Å². The van der Waals surface area contributed by atoms with E-state index >= 15 is 0 Å². The summed E-state index contributed by atoms with van der Waals surface area (Å²) in [4.78, 5) is 0. The lowest BCUT2D eigenvalue weighted by molar-refractivity contribution is 0.482. The maximum Gasteiger partial charge on any atom is 0.181 e. The zero-order chi connectivity index (χ0) is 6.97. The zero-order valence-electron chi connectivity index (χ0n) is 6.25. The normalized spacial score (nSPS) is 27.2. The quantitative estimate of drug-likeness (QED) is 0.578. The van der Waals surface area contributed by atoms with Gasteiger partial charge in [0, 0.05) is 0 Å². The van der Waals surface area contributed by atoms with Crippen molar-refractivity contribution in [2.75, 3.05) is 0 Å². The Kier molecular flexibility index (Phi) is 2.06. The molecule has 2 heteroatoms. The average Bonchev–Trinajstić information content (AvgIpc) is 1.52. The minimum absolute atomic E-state index is 0.0538. The molecule has 0 bridgehead atoms. The van der Waals surface area contributed by atoms with Gasteiger partial charge in [0.1, 0.15) is 11.3 Å². The summed E-state index contributed by atoms with van der Waals surface area (Å²) >= 11 is 5.55. The van der Waals surface area contributed by atoms with Gasteiger partial charge in [-0.15, -0.1) is 0 Å². The van der Waals surface area contributed by atoms with Gasteiger partial charge in [-0.2, -0.15) is 0 Å². The summed E-state index contributed by atoms with van der Waals surface area (Å²) in [7, 11) is 0. The topological polar surface area (TPSA) is 0 Å². The third-order valence-corrected chi connectivity index (χ3v) is 7.13. The first kappa shape index (κ1) is 7.18. The van der Waals surface area contributed by atoms with E-state index in [1.165, 1.54) is 38.5 Å². The summed E-state index contributed by atoms with van der Waals surface area (Å²) in [6.07, 6.45) is 8.79. The fraction of sp³-hybridized carbons (Fsp3) is 1.00. The first-order chi connectivity index (χ1) is 4.88. The van der Waals surface area contributed by atoms with Gasteiger partial charge in [-0.3, -0.25) is 0 Å². The van der Waals surface area contributed by atoms with Crippen LogP contribution in [0.15, 0.2) is 0 Å². The molecule has 0 nitrogen and oxygen atoms in total. The number of rotatable bonds is 2. The van der Waals surface area contributed by atoms with Crippen molar-refractivity contribution in [3.8, 4) is 0 Å². The van der Waals surface area contributed by atoms with Crippen LogP contribution in [-0.4, -0.2) is 11.3 Å². The maximum atomic E-state index is 5.55. The van der Waals surface area contributed by atoms with Crippen LogP contribution in [0.1, 0.15) is 38.5 Å². The lowest BCUT2D eigenvalue weighted by atomic mass is 9.99. The van der Waals surface area contributed by atoms with Crippen molar-refractivity contribution in [3.05, 3.63) is 0 Å². The van der Waals surface area contributed by atoms with Crippen molar-refractivity contribution in [1.82, 2.24) is 0 Å². The fourth-order valence-electron chi connectivity index (χ4n) is 1.58. The molecule has 0 aromatic carbocycles. The molecular weight excluding hydrogens is 159 g/mol. The molecule has 0 aromatic rings. The monoisotopic (exact) mass is 173 g/mol. The first-order valence-corrected chi connectivity index (χ1v) is 6.83. The van der Waals surface area contributed by atoms with E-state index in [0.29, 0.717) is 0 Å². The van der Waals surface area contributed by atoms with E-state index in [1.807, 2.05) is 0 Å². The molecule has 0 aliphatic heterocycles. The van der Waals surface area contributed by atoms with Gasteiger partial charge >= 0.3 is 0 Å². The number of hydrogen-bond acceptors (Lipinski definition) is 1. The second-order valence-corrected chi connectivity index (χ2v) is 6.97. The van der Waals surface area contributed by atoms with Crippen LogP contribution in [-0.2, 0) is 11.8 Å². The Morgan fingerprint density at radius 2 is 1.30 bits per heavy atom. The SMILES string of the molecule is S=[P+](C1CCC1)C1CCC1. The molecule has 0 heterocycles. The van der Waals surface area contributed by atoms with Crippen LogP contribution in [0.2, 0.25) is 0 Å². The molecular formula is C8H14PS+. The second kappa shape index (κ2) is 2.87. The minimum Gasteiger partial charge on any atom is -0.0448 e. The predicted molar refractivity (Wildman–Crippen MR) is 49.6 cm³/mol. The van der Waals surface area contributed by atoms with Crippen LogP contribution in [0.5, 0.6) is 0 Å². The fourth-order valence-corrected chi connectivity index (χ4v) is 5.19. The maximum absolute atomic E-state index is 5.55. The smallest absolute Gasteiger partial charge is 0.0448 e. The zero-order valence-corrected chi connectivity index (χ0v) is 7.96. The molecule has 2 rings (SSSR count). The van der Waals surface area contributed by atoms with Crippen LogP contribution in [0, 0.1) is 0 Å². The molecule has 0 unspecified atom stereocenters. The Morgan fingerprint density at radius 3 is 1.50 bits per heavy atom. The molecule has 0 atom stereocenters. The third-order valence-electron chi connectivity index (χ3n) is 2.87. The van der Waals surface area contributed by atoms with Gasteiger partial charge < -0.3 is 0 Å². The average molecular weight is 173 g/mol. The van der Waals surface area contributed by atoms with Crippen molar-refractivity contribution in [2.24, 2.45) is 0 Å². The second-order valence-electron chi connectivity index (χ2n) is 3.53. The molecule has 2 saturated carbocycles. The number of hydrogen-bond donors (Lipinski definition) is 0. The molecule has 2 aliphatic carbocycles. The van der Waals surface area contributed by atoms with Crippen LogP contribution in [0.4, 0.5) is 0 Å².